The standard InChI is InChI=1S/C27H42O5/c1-15(23-8-9-24(2,3)32-23)16-7-11-27(31)18-12-20(28)19-13-21(29)22(30)14-25(19,4)17(18)6-10-26(16,27)5/h12,15-17,19,21-23,29-31H,6-11,13-14H2,1-5H3/t15?,16-,17+,19+,21-,22+,23?,25-,26-,27-/m1/s1. The van der Waals surface area contributed by atoms with Gasteiger partial charge in [-0.05, 0) is 100 Å². The van der Waals surface area contributed by atoms with E-state index < -0.39 is 23.2 Å². The highest BCUT2D eigenvalue weighted by molar-refractivity contribution is 5.95. The Labute approximate surface area is 192 Å². The Morgan fingerprint density at radius 1 is 1.00 bits per heavy atom. The van der Waals surface area contributed by atoms with E-state index in [4.69, 9.17) is 4.74 Å². The number of rotatable bonds is 2. The van der Waals surface area contributed by atoms with Crippen LogP contribution in [-0.2, 0) is 9.53 Å². The van der Waals surface area contributed by atoms with E-state index in [1.807, 2.05) is 0 Å². The third-order valence-corrected chi connectivity index (χ3v) is 10.9. The van der Waals surface area contributed by atoms with Crippen molar-refractivity contribution in [1.82, 2.24) is 0 Å². The largest absolute Gasteiger partial charge is 0.390 e. The summed E-state index contributed by atoms with van der Waals surface area (Å²) in [5, 5.41) is 33.0. The Bertz CT molecular complexity index is 834. The number of carbonyl (C=O) groups excluding carboxylic acids is 1. The number of ether oxygens (including phenoxy) is 1. The van der Waals surface area contributed by atoms with Crippen LogP contribution in [-0.4, -0.2) is 50.6 Å². The Balaban J connectivity index is 1.48. The molecule has 3 N–H and O–H groups in total. The molecule has 0 aromatic rings. The van der Waals surface area contributed by atoms with E-state index in [-0.39, 0.29) is 34.7 Å². The van der Waals surface area contributed by atoms with Crippen molar-refractivity contribution >= 4 is 5.78 Å². The van der Waals surface area contributed by atoms with Gasteiger partial charge < -0.3 is 20.1 Å². The molecule has 32 heavy (non-hydrogen) atoms. The second-order valence-corrected chi connectivity index (χ2v) is 13.0. The first-order valence-corrected chi connectivity index (χ1v) is 12.8. The second-order valence-electron chi connectivity index (χ2n) is 13.0. The average molecular weight is 447 g/mol. The van der Waals surface area contributed by atoms with Crippen LogP contribution in [0.15, 0.2) is 11.6 Å². The summed E-state index contributed by atoms with van der Waals surface area (Å²) >= 11 is 0. The molecule has 0 bridgehead atoms. The van der Waals surface area contributed by atoms with Gasteiger partial charge in [-0.1, -0.05) is 20.8 Å². The Morgan fingerprint density at radius 2 is 1.72 bits per heavy atom. The van der Waals surface area contributed by atoms with Gasteiger partial charge in [-0.15, -0.1) is 0 Å². The summed E-state index contributed by atoms with van der Waals surface area (Å²) in [5.74, 6) is 0.559. The Morgan fingerprint density at radius 3 is 2.38 bits per heavy atom. The molecule has 1 aliphatic heterocycles. The SMILES string of the molecule is CC(C1CCC(C)(C)O1)[C@H]1CC[C@@]2(O)C3=CC(=O)[C@@H]4C[C@@H](O)[C@@H](O)C[C@]4(C)[C@H]3CC[C@]12C. The van der Waals surface area contributed by atoms with Gasteiger partial charge in [-0.25, -0.2) is 0 Å². The van der Waals surface area contributed by atoms with Crippen LogP contribution in [0.1, 0.15) is 86.0 Å². The molecule has 5 aliphatic rings. The topological polar surface area (TPSA) is 87.0 Å². The maximum Gasteiger partial charge on any atom is 0.159 e. The minimum absolute atomic E-state index is 0.0275. The summed E-state index contributed by atoms with van der Waals surface area (Å²) in [7, 11) is 0. The lowest BCUT2D eigenvalue weighted by Gasteiger charge is -2.60. The normalized spacial score (nSPS) is 53.2. The van der Waals surface area contributed by atoms with Crippen molar-refractivity contribution in [2.45, 2.75) is 115 Å². The minimum Gasteiger partial charge on any atom is -0.390 e. The van der Waals surface area contributed by atoms with Crippen molar-refractivity contribution in [2.75, 3.05) is 0 Å². The van der Waals surface area contributed by atoms with Crippen molar-refractivity contribution in [1.29, 1.82) is 0 Å². The maximum absolute atomic E-state index is 13.3. The number of carbonyl (C=O) groups is 1. The molecule has 4 fully saturated rings. The zero-order valence-corrected chi connectivity index (χ0v) is 20.4. The fourth-order valence-corrected chi connectivity index (χ4v) is 8.90. The number of hydrogen-bond donors (Lipinski definition) is 3. The molecule has 5 rings (SSSR count). The van der Waals surface area contributed by atoms with Crippen molar-refractivity contribution in [3.63, 3.8) is 0 Å². The van der Waals surface area contributed by atoms with Crippen LogP contribution in [0, 0.1) is 34.5 Å². The molecule has 4 aliphatic carbocycles. The van der Waals surface area contributed by atoms with E-state index in [0.717, 1.165) is 37.7 Å². The lowest BCUT2D eigenvalue weighted by atomic mass is 9.46. The van der Waals surface area contributed by atoms with Crippen LogP contribution >= 0.6 is 0 Å². The fraction of sp³-hybridized carbons (Fsp3) is 0.889. The third kappa shape index (κ3) is 3.00. The van der Waals surface area contributed by atoms with Gasteiger partial charge in [0, 0.05) is 11.3 Å². The molecule has 1 saturated heterocycles. The maximum atomic E-state index is 13.3. The van der Waals surface area contributed by atoms with Gasteiger partial charge in [0.1, 0.15) is 0 Å². The first kappa shape index (κ1) is 23.0. The van der Waals surface area contributed by atoms with Crippen LogP contribution in [0.25, 0.3) is 0 Å². The first-order chi connectivity index (χ1) is 14.8. The second kappa shape index (κ2) is 7.13. The van der Waals surface area contributed by atoms with Crippen LogP contribution < -0.4 is 0 Å². The monoisotopic (exact) mass is 446 g/mol. The third-order valence-electron chi connectivity index (χ3n) is 10.9. The molecule has 0 spiro atoms. The molecule has 10 atom stereocenters. The molecule has 5 nitrogen and oxygen atoms in total. The molecule has 180 valence electrons. The number of aliphatic hydroxyl groups excluding tert-OH is 2. The summed E-state index contributed by atoms with van der Waals surface area (Å²) < 4.78 is 6.41. The van der Waals surface area contributed by atoms with Crippen LogP contribution in [0.2, 0.25) is 0 Å². The Kier molecular flexibility index (Phi) is 5.13. The van der Waals surface area contributed by atoms with Crippen LogP contribution in [0.5, 0.6) is 0 Å². The molecule has 0 amide bonds. The summed E-state index contributed by atoms with van der Waals surface area (Å²) in [6, 6.07) is 0. The van der Waals surface area contributed by atoms with E-state index in [1.54, 1.807) is 6.08 Å². The number of allylic oxidation sites excluding steroid dienone is 1. The van der Waals surface area contributed by atoms with Gasteiger partial charge in [0.2, 0.25) is 0 Å². The molecular formula is C27H42O5. The summed E-state index contributed by atoms with van der Waals surface area (Å²) in [5.41, 5.74) is -0.810. The van der Waals surface area contributed by atoms with Crippen molar-refractivity contribution in [3.8, 4) is 0 Å². The average Bonchev–Trinajstić information content (AvgIpc) is 3.20. The van der Waals surface area contributed by atoms with Gasteiger partial charge >= 0.3 is 0 Å². The molecule has 5 heteroatoms. The summed E-state index contributed by atoms with van der Waals surface area (Å²) in [6.07, 6.45) is 6.72. The molecule has 1 heterocycles. The van der Waals surface area contributed by atoms with Crippen molar-refractivity contribution in [3.05, 3.63) is 11.6 Å². The minimum atomic E-state index is -0.979. The van der Waals surface area contributed by atoms with E-state index in [9.17, 15) is 20.1 Å². The van der Waals surface area contributed by atoms with Gasteiger partial charge in [0.15, 0.2) is 5.78 Å². The predicted molar refractivity (Wildman–Crippen MR) is 122 cm³/mol. The van der Waals surface area contributed by atoms with Crippen molar-refractivity contribution < 1.29 is 24.9 Å². The molecule has 3 saturated carbocycles. The fourth-order valence-electron chi connectivity index (χ4n) is 8.90. The number of fused-ring (bicyclic) bond motifs is 5. The van der Waals surface area contributed by atoms with E-state index in [0.29, 0.717) is 31.1 Å². The van der Waals surface area contributed by atoms with E-state index >= 15 is 0 Å². The van der Waals surface area contributed by atoms with Gasteiger partial charge in [0.05, 0.1) is 29.5 Å². The molecule has 0 aromatic heterocycles. The van der Waals surface area contributed by atoms with E-state index in [2.05, 4.69) is 34.6 Å². The van der Waals surface area contributed by atoms with Crippen LogP contribution in [0.4, 0.5) is 0 Å². The molecular weight excluding hydrogens is 404 g/mol. The highest BCUT2D eigenvalue weighted by Gasteiger charge is 2.67. The van der Waals surface area contributed by atoms with Crippen LogP contribution in [0.3, 0.4) is 0 Å². The van der Waals surface area contributed by atoms with E-state index in [1.165, 1.54) is 0 Å². The number of ketones is 1. The predicted octanol–water partition coefficient (Wildman–Crippen LogP) is 3.78. The zero-order chi connectivity index (χ0) is 23.3. The quantitative estimate of drug-likeness (QED) is 0.601. The highest BCUT2D eigenvalue weighted by Crippen LogP contribution is 2.68. The highest BCUT2D eigenvalue weighted by atomic mass is 16.5. The molecule has 2 unspecified atom stereocenters. The first-order valence-electron chi connectivity index (χ1n) is 12.8. The Hall–Kier alpha value is -0.750. The van der Waals surface area contributed by atoms with Crippen molar-refractivity contribution in [2.24, 2.45) is 34.5 Å². The van der Waals surface area contributed by atoms with Gasteiger partial charge in [-0.2, -0.15) is 0 Å². The summed E-state index contributed by atoms with van der Waals surface area (Å²) in [4.78, 5) is 13.3. The lowest BCUT2D eigenvalue weighted by Crippen LogP contribution is -2.61. The number of hydrogen-bond acceptors (Lipinski definition) is 5. The summed E-state index contributed by atoms with van der Waals surface area (Å²) in [6.45, 7) is 11.0. The number of aliphatic hydroxyl groups is 3. The lowest BCUT2D eigenvalue weighted by molar-refractivity contribution is -0.155. The van der Waals surface area contributed by atoms with Gasteiger partial charge in [0.25, 0.3) is 0 Å². The zero-order valence-electron chi connectivity index (χ0n) is 20.4. The molecule has 0 aromatic carbocycles. The van der Waals surface area contributed by atoms with Gasteiger partial charge in [-0.3, -0.25) is 4.79 Å². The smallest absolute Gasteiger partial charge is 0.159 e. The molecule has 0 radical (unpaired) electrons.